The summed E-state index contributed by atoms with van der Waals surface area (Å²) in [5, 5.41) is 9.81. The van der Waals surface area contributed by atoms with Crippen LogP contribution in [-0.2, 0) is 4.79 Å². The minimum absolute atomic E-state index is 0.000132. The smallest absolute Gasteiger partial charge is 0.252 e. The molecule has 1 aromatic carbocycles. The summed E-state index contributed by atoms with van der Waals surface area (Å²) in [7, 11) is 1.56. The monoisotopic (exact) mass is 420 g/mol. The number of hydrogen-bond acceptors (Lipinski definition) is 4. The largest absolute Gasteiger partial charge is 0.497 e. The van der Waals surface area contributed by atoms with Crippen molar-refractivity contribution in [2.24, 2.45) is 5.92 Å². The van der Waals surface area contributed by atoms with Crippen LogP contribution < -0.4 is 20.7 Å². The summed E-state index contributed by atoms with van der Waals surface area (Å²) in [5.74, 6) is 0.220. The number of hydrogen-bond donors (Lipinski definition) is 3. The van der Waals surface area contributed by atoms with Gasteiger partial charge in [0.2, 0.25) is 5.91 Å². The average molecular weight is 421 g/mol. The molecule has 0 aromatic heterocycles. The Morgan fingerprint density at radius 3 is 2.52 bits per heavy atom. The SMILES string of the molecule is CCNC(=S)N1CCC(C(NC(=O)c2cccc(OC)c2)C(=O)NC(C)C)CC1. The van der Waals surface area contributed by atoms with Crippen molar-refractivity contribution in [3.05, 3.63) is 29.8 Å². The molecule has 1 aliphatic rings. The summed E-state index contributed by atoms with van der Waals surface area (Å²) >= 11 is 5.40. The van der Waals surface area contributed by atoms with Crippen LogP contribution in [0.1, 0.15) is 44.0 Å². The average Bonchev–Trinajstić information content (AvgIpc) is 2.71. The third kappa shape index (κ3) is 6.59. The van der Waals surface area contributed by atoms with Crippen LogP contribution in [0.5, 0.6) is 5.75 Å². The van der Waals surface area contributed by atoms with Gasteiger partial charge in [-0.2, -0.15) is 0 Å². The maximum absolute atomic E-state index is 12.9. The van der Waals surface area contributed by atoms with Crippen LogP contribution in [0.15, 0.2) is 24.3 Å². The molecule has 1 aliphatic heterocycles. The molecule has 0 spiro atoms. The van der Waals surface area contributed by atoms with E-state index in [-0.39, 0.29) is 23.8 Å². The van der Waals surface area contributed by atoms with Crippen molar-refractivity contribution >= 4 is 29.1 Å². The first-order chi connectivity index (χ1) is 13.8. The number of thiocarbonyl (C=S) groups is 1. The number of benzene rings is 1. The van der Waals surface area contributed by atoms with E-state index in [2.05, 4.69) is 20.9 Å². The fraction of sp³-hybridized carbons (Fsp3) is 0.571. The lowest BCUT2D eigenvalue weighted by Crippen LogP contribution is -2.55. The zero-order valence-corrected chi connectivity index (χ0v) is 18.5. The number of piperidine rings is 1. The minimum atomic E-state index is -0.592. The zero-order chi connectivity index (χ0) is 21.4. The summed E-state index contributed by atoms with van der Waals surface area (Å²) in [5.41, 5.74) is 0.470. The van der Waals surface area contributed by atoms with Gasteiger partial charge in [0.15, 0.2) is 5.11 Å². The molecule has 0 bridgehead atoms. The summed E-state index contributed by atoms with van der Waals surface area (Å²) in [6, 6.07) is 6.34. The molecule has 0 radical (unpaired) electrons. The molecule has 1 fully saturated rings. The van der Waals surface area contributed by atoms with E-state index in [9.17, 15) is 9.59 Å². The minimum Gasteiger partial charge on any atom is -0.497 e. The molecule has 7 nitrogen and oxygen atoms in total. The molecule has 1 unspecified atom stereocenters. The second-order valence-electron chi connectivity index (χ2n) is 7.51. The second-order valence-corrected chi connectivity index (χ2v) is 7.89. The van der Waals surface area contributed by atoms with Gasteiger partial charge in [0.25, 0.3) is 5.91 Å². The van der Waals surface area contributed by atoms with Gasteiger partial charge in [-0.25, -0.2) is 0 Å². The van der Waals surface area contributed by atoms with Gasteiger partial charge in [0.05, 0.1) is 7.11 Å². The number of nitrogens with zero attached hydrogens (tertiary/aromatic N) is 1. The molecule has 1 atom stereocenters. The Kier molecular flexibility index (Phi) is 8.70. The maximum atomic E-state index is 12.9. The number of amides is 2. The van der Waals surface area contributed by atoms with E-state index in [1.54, 1.807) is 31.4 Å². The lowest BCUT2D eigenvalue weighted by molar-refractivity contribution is -0.125. The standard InChI is InChI=1S/C21H32N4O3S/c1-5-22-21(29)25-11-9-15(10-12-25)18(20(27)23-14(2)3)24-19(26)16-7-6-8-17(13-16)28-4/h6-8,13-15,18H,5,9-12H2,1-4H3,(H,22,29)(H,23,27)(H,24,26). The van der Waals surface area contributed by atoms with Crippen LogP contribution in [0, 0.1) is 5.92 Å². The molecule has 8 heteroatoms. The van der Waals surface area contributed by atoms with Crippen LogP contribution in [0.3, 0.4) is 0 Å². The van der Waals surface area contributed by atoms with Gasteiger partial charge in [0.1, 0.15) is 11.8 Å². The molecule has 1 aromatic rings. The summed E-state index contributed by atoms with van der Waals surface area (Å²) < 4.78 is 5.20. The topological polar surface area (TPSA) is 82.7 Å². The number of carbonyl (C=O) groups is 2. The van der Waals surface area contributed by atoms with Crippen molar-refractivity contribution in [3.8, 4) is 5.75 Å². The van der Waals surface area contributed by atoms with Gasteiger partial charge in [-0.1, -0.05) is 6.07 Å². The normalized spacial score (nSPS) is 15.6. The van der Waals surface area contributed by atoms with E-state index in [0.29, 0.717) is 11.3 Å². The second kappa shape index (κ2) is 11.0. The molecule has 1 heterocycles. The highest BCUT2D eigenvalue weighted by molar-refractivity contribution is 7.80. The Labute approximate surface area is 178 Å². The zero-order valence-electron chi connectivity index (χ0n) is 17.7. The van der Waals surface area contributed by atoms with E-state index < -0.39 is 6.04 Å². The van der Waals surface area contributed by atoms with Gasteiger partial charge in [-0.05, 0) is 69.9 Å². The first-order valence-electron chi connectivity index (χ1n) is 10.1. The highest BCUT2D eigenvalue weighted by atomic mass is 32.1. The fourth-order valence-corrected chi connectivity index (χ4v) is 3.79. The number of nitrogens with one attached hydrogen (secondary N) is 3. The van der Waals surface area contributed by atoms with Crippen molar-refractivity contribution in [2.75, 3.05) is 26.7 Å². The first-order valence-corrected chi connectivity index (χ1v) is 10.5. The molecule has 2 rings (SSSR count). The van der Waals surface area contributed by atoms with Crippen LogP contribution in [0.2, 0.25) is 0 Å². The predicted molar refractivity (Wildman–Crippen MR) is 118 cm³/mol. The van der Waals surface area contributed by atoms with Crippen LogP contribution in [0.4, 0.5) is 0 Å². The van der Waals surface area contributed by atoms with E-state index in [0.717, 1.165) is 37.6 Å². The van der Waals surface area contributed by atoms with Crippen molar-refractivity contribution in [1.29, 1.82) is 0 Å². The molecular formula is C21H32N4O3S. The Balaban J connectivity index is 2.10. The molecule has 160 valence electrons. The Morgan fingerprint density at radius 2 is 1.93 bits per heavy atom. The van der Waals surface area contributed by atoms with E-state index >= 15 is 0 Å². The Bertz CT molecular complexity index is 718. The lowest BCUT2D eigenvalue weighted by atomic mass is 9.88. The van der Waals surface area contributed by atoms with Gasteiger partial charge in [-0.3, -0.25) is 9.59 Å². The number of ether oxygens (including phenoxy) is 1. The Morgan fingerprint density at radius 1 is 1.24 bits per heavy atom. The summed E-state index contributed by atoms with van der Waals surface area (Å²) in [4.78, 5) is 27.8. The van der Waals surface area contributed by atoms with Crippen molar-refractivity contribution in [2.45, 2.75) is 45.7 Å². The van der Waals surface area contributed by atoms with E-state index in [1.807, 2.05) is 20.8 Å². The first kappa shape index (κ1) is 22.9. The van der Waals surface area contributed by atoms with E-state index in [1.165, 1.54) is 0 Å². The van der Waals surface area contributed by atoms with Gasteiger partial charge in [-0.15, -0.1) is 0 Å². The summed E-state index contributed by atoms with van der Waals surface area (Å²) in [6.45, 7) is 8.15. The van der Waals surface area contributed by atoms with Gasteiger partial charge < -0.3 is 25.6 Å². The lowest BCUT2D eigenvalue weighted by Gasteiger charge is -2.37. The molecular weight excluding hydrogens is 388 g/mol. The number of likely N-dealkylation sites (tertiary alicyclic amines) is 1. The quantitative estimate of drug-likeness (QED) is 0.585. The molecule has 1 saturated heterocycles. The predicted octanol–water partition coefficient (Wildman–Crippen LogP) is 1.92. The third-order valence-corrected chi connectivity index (χ3v) is 5.36. The maximum Gasteiger partial charge on any atom is 0.252 e. The van der Waals surface area contributed by atoms with Crippen LogP contribution in [0.25, 0.3) is 0 Å². The van der Waals surface area contributed by atoms with Gasteiger partial charge >= 0.3 is 0 Å². The molecule has 0 aliphatic carbocycles. The van der Waals surface area contributed by atoms with Crippen LogP contribution in [-0.4, -0.2) is 60.7 Å². The number of methoxy groups -OCH3 is 1. The molecule has 0 saturated carbocycles. The Hall–Kier alpha value is -2.35. The van der Waals surface area contributed by atoms with Crippen molar-refractivity contribution in [3.63, 3.8) is 0 Å². The molecule has 2 amide bonds. The third-order valence-electron chi connectivity index (χ3n) is 4.96. The number of carbonyl (C=O) groups excluding carboxylic acids is 2. The van der Waals surface area contributed by atoms with Gasteiger partial charge in [0, 0.05) is 31.2 Å². The van der Waals surface area contributed by atoms with E-state index in [4.69, 9.17) is 17.0 Å². The highest BCUT2D eigenvalue weighted by Crippen LogP contribution is 2.22. The summed E-state index contributed by atoms with van der Waals surface area (Å²) in [6.07, 6.45) is 1.56. The van der Waals surface area contributed by atoms with Crippen LogP contribution >= 0.6 is 12.2 Å². The van der Waals surface area contributed by atoms with Crippen molar-refractivity contribution < 1.29 is 14.3 Å². The molecule has 29 heavy (non-hydrogen) atoms. The fourth-order valence-electron chi connectivity index (χ4n) is 3.46. The number of rotatable bonds is 7. The van der Waals surface area contributed by atoms with Crippen molar-refractivity contribution in [1.82, 2.24) is 20.9 Å². The highest BCUT2D eigenvalue weighted by Gasteiger charge is 2.33. The molecule has 3 N–H and O–H groups in total.